The Bertz CT molecular complexity index is 114. The van der Waals surface area contributed by atoms with Crippen LogP contribution in [-0.2, 0) is 0 Å². The third-order valence-corrected chi connectivity index (χ3v) is 8.15. The molecule has 0 aromatic rings. The number of rotatable bonds is 7. The molecule has 0 unspecified atom stereocenters. The van der Waals surface area contributed by atoms with E-state index in [2.05, 4.69) is 44.7 Å². The van der Waals surface area contributed by atoms with Gasteiger partial charge in [0.15, 0.2) is 0 Å². The van der Waals surface area contributed by atoms with Crippen LogP contribution in [-0.4, -0.2) is 40.3 Å². The van der Waals surface area contributed by atoms with Crippen LogP contribution in [0.25, 0.3) is 0 Å². The summed E-state index contributed by atoms with van der Waals surface area (Å²) in [7, 11) is 3.21. The van der Waals surface area contributed by atoms with Crippen molar-refractivity contribution in [2.45, 2.75) is 38.9 Å². The van der Waals surface area contributed by atoms with Gasteiger partial charge in [0.2, 0.25) is 0 Å². The molecule has 80 valence electrons. The number of likely N-dealkylation sites (N-methyl/N-ethyl adjacent to an activating group) is 1. The van der Waals surface area contributed by atoms with Gasteiger partial charge in [0.25, 0.3) is 0 Å². The SMILES string of the molecule is CC[Si](CC)(CC)NCCN(C)C. The van der Waals surface area contributed by atoms with Gasteiger partial charge >= 0.3 is 0 Å². The molecule has 0 aliphatic carbocycles. The number of nitrogens with zero attached hydrogens (tertiary/aromatic N) is 1. The van der Waals surface area contributed by atoms with Crippen molar-refractivity contribution in [3.05, 3.63) is 0 Å². The molecule has 0 fully saturated rings. The van der Waals surface area contributed by atoms with Crippen LogP contribution >= 0.6 is 0 Å². The van der Waals surface area contributed by atoms with E-state index in [9.17, 15) is 0 Å². The molecule has 0 aliphatic rings. The quantitative estimate of drug-likeness (QED) is 0.636. The van der Waals surface area contributed by atoms with Gasteiger partial charge < -0.3 is 9.88 Å². The molecule has 0 amide bonds. The van der Waals surface area contributed by atoms with Crippen molar-refractivity contribution in [3.63, 3.8) is 0 Å². The van der Waals surface area contributed by atoms with Crippen molar-refractivity contribution in [1.82, 2.24) is 9.88 Å². The van der Waals surface area contributed by atoms with Gasteiger partial charge in [-0.05, 0) is 32.2 Å². The molecule has 0 aliphatic heterocycles. The summed E-state index contributed by atoms with van der Waals surface area (Å²) in [6.45, 7) is 9.33. The van der Waals surface area contributed by atoms with E-state index in [1.807, 2.05) is 0 Å². The summed E-state index contributed by atoms with van der Waals surface area (Å²) in [5.41, 5.74) is 0. The molecule has 0 radical (unpaired) electrons. The summed E-state index contributed by atoms with van der Waals surface area (Å²) in [6.07, 6.45) is 0. The van der Waals surface area contributed by atoms with Crippen LogP contribution in [0.5, 0.6) is 0 Å². The minimum Gasteiger partial charge on any atom is -0.336 e. The summed E-state index contributed by atoms with van der Waals surface area (Å²) in [5, 5.41) is 0. The highest BCUT2D eigenvalue weighted by molar-refractivity contribution is 6.77. The zero-order valence-electron chi connectivity index (χ0n) is 9.98. The Morgan fingerprint density at radius 1 is 1.00 bits per heavy atom. The molecule has 0 aromatic heterocycles. The van der Waals surface area contributed by atoms with Gasteiger partial charge in [0, 0.05) is 13.1 Å². The van der Waals surface area contributed by atoms with Crippen LogP contribution in [0, 0.1) is 0 Å². The summed E-state index contributed by atoms with van der Waals surface area (Å²) in [5.74, 6) is 0. The van der Waals surface area contributed by atoms with E-state index in [0.29, 0.717) is 0 Å². The predicted molar refractivity (Wildman–Crippen MR) is 63.8 cm³/mol. The van der Waals surface area contributed by atoms with Gasteiger partial charge in [0.05, 0.1) is 0 Å². The third-order valence-electron chi connectivity index (χ3n) is 3.09. The van der Waals surface area contributed by atoms with E-state index in [1.54, 1.807) is 0 Å². The Labute approximate surface area is 84.8 Å². The fourth-order valence-electron chi connectivity index (χ4n) is 1.67. The highest BCUT2D eigenvalue weighted by atomic mass is 28.3. The average molecular weight is 202 g/mol. The van der Waals surface area contributed by atoms with Crippen LogP contribution in [0.2, 0.25) is 18.1 Å². The molecule has 0 spiro atoms. The van der Waals surface area contributed by atoms with Crippen LogP contribution in [0.3, 0.4) is 0 Å². The Kier molecular flexibility index (Phi) is 6.64. The van der Waals surface area contributed by atoms with Gasteiger partial charge in [-0.25, -0.2) is 0 Å². The van der Waals surface area contributed by atoms with Gasteiger partial charge in [-0.15, -0.1) is 0 Å². The lowest BCUT2D eigenvalue weighted by atomic mass is 10.6. The lowest BCUT2D eigenvalue weighted by Crippen LogP contribution is -2.50. The Morgan fingerprint density at radius 2 is 1.46 bits per heavy atom. The average Bonchev–Trinajstić information content (AvgIpc) is 2.13. The van der Waals surface area contributed by atoms with Gasteiger partial charge in [-0.1, -0.05) is 20.8 Å². The smallest absolute Gasteiger partial charge is 0.124 e. The highest BCUT2D eigenvalue weighted by Crippen LogP contribution is 2.15. The fourth-order valence-corrected chi connectivity index (χ4v) is 4.56. The Balaban J connectivity index is 3.81. The second kappa shape index (κ2) is 6.57. The summed E-state index contributed by atoms with van der Waals surface area (Å²) < 4.78 is 0. The van der Waals surface area contributed by atoms with E-state index in [-0.39, 0.29) is 0 Å². The minimum absolute atomic E-state index is 1.06. The molecule has 0 heterocycles. The molecule has 3 heteroatoms. The largest absolute Gasteiger partial charge is 0.336 e. The van der Waals surface area contributed by atoms with E-state index >= 15 is 0 Å². The van der Waals surface area contributed by atoms with E-state index in [4.69, 9.17) is 0 Å². The Hall–Kier alpha value is 0.137. The lowest BCUT2D eigenvalue weighted by molar-refractivity contribution is 0.412. The van der Waals surface area contributed by atoms with Gasteiger partial charge in [0.1, 0.15) is 8.24 Å². The predicted octanol–water partition coefficient (Wildman–Crippen LogP) is 2.14. The first-order chi connectivity index (χ1) is 6.10. The van der Waals surface area contributed by atoms with E-state index in [0.717, 1.165) is 13.1 Å². The molecule has 0 saturated carbocycles. The number of nitrogens with one attached hydrogen (secondary N) is 1. The molecule has 0 rings (SSSR count). The van der Waals surface area contributed by atoms with Crippen molar-refractivity contribution >= 4 is 8.24 Å². The molecule has 1 N–H and O–H groups in total. The van der Waals surface area contributed by atoms with Crippen LogP contribution in [0.4, 0.5) is 0 Å². The molecule has 2 nitrogen and oxygen atoms in total. The third kappa shape index (κ3) is 4.79. The first-order valence-electron chi connectivity index (χ1n) is 5.50. The van der Waals surface area contributed by atoms with E-state index in [1.165, 1.54) is 18.1 Å². The van der Waals surface area contributed by atoms with E-state index < -0.39 is 8.24 Å². The molecule has 0 bridgehead atoms. The maximum Gasteiger partial charge on any atom is 0.124 e. The van der Waals surface area contributed by atoms with Crippen LogP contribution < -0.4 is 4.98 Å². The monoisotopic (exact) mass is 202 g/mol. The Morgan fingerprint density at radius 3 is 1.77 bits per heavy atom. The topological polar surface area (TPSA) is 15.3 Å². The van der Waals surface area contributed by atoms with Crippen molar-refractivity contribution < 1.29 is 0 Å². The number of hydrogen-bond donors (Lipinski definition) is 1. The summed E-state index contributed by atoms with van der Waals surface area (Å²) in [4.78, 5) is 6.05. The maximum absolute atomic E-state index is 3.81. The lowest BCUT2D eigenvalue weighted by Gasteiger charge is -2.29. The first kappa shape index (κ1) is 13.1. The van der Waals surface area contributed by atoms with Crippen LogP contribution in [0.1, 0.15) is 20.8 Å². The zero-order chi connectivity index (χ0) is 10.3. The minimum atomic E-state index is -1.06. The van der Waals surface area contributed by atoms with Gasteiger partial charge in [-0.3, -0.25) is 0 Å². The summed E-state index contributed by atoms with van der Waals surface area (Å²) in [6, 6.07) is 4.11. The van der Waals surface area contributed by atoms with Crippen molar-refractivity contribution in [2.75, 3.05) is 27.2 Å². The highest BCUT2D eigenvalue weighted by Gasteiger charge is 2.25. The molecule has 13 heavy (non-hydrogen) atoms. The normalized spacial score (nSPS) is 12.5. The van der Waals surface area contributed by atoms with Crippen LogP contribution in [0.15, 0.2) is 0 Å². The molecule has 0 aromatic carbocycles. The number of hydrogen-bond acceptors (Lipinski definition) is 2. The standard InChI is InChI=1S/C10H26N2Si/c1-6-13(7-2,8-3)11-9-10-12(4)5/h11H,6-10H2,1-5H3. The second-order valence-corrected chi connectivity index (χ2v) is 9.11. The van der Waals surface area contributed by atoms with Crippen molar-refractivity contribution in [2.24, 2.45) is 0 Å². The fraction of sp³-hybridized carbons (Fsp3) is 1.00. The first-order valence-corrected chi connectivity index (χ1v) is 8.12. The van der Waals surface area contributed by atoms with Crippen molar-refractivity contribution in [3.8, 4) is 0 Å². The maximum atomic E-state index is 3.81. The summed E-state index contributed by atoms with van der Waals surface area (Å²) >= 11 is 0. The van der Waals surface area contributed by atoms with Crippen molar-refractivity contribution in [1.29, 1.82) is 0 Å². The second-order valence-electron chi connectivity index (χ2n) is 4.07. The van der Waals surface area contributed by atoms with Gasteiger partial charge in [-0.2, -0.15) is 0 Å². The molecule has 0 saturated heterocycles. The molecular weight excluding hydrogens is 176 g/mol. The molecule has 0 atom stereocenters. The zero-order valence-corrected chi connectivity index (χ0v) is 11.0. The molecular formula is C10H26N2Si.